The number of esters is 1. The molecule has 0 N–H and O–H groups in total. The van der Waals surface area contributed by atoms with Crippen molar-refractivity contribution in [3.8, 4) is 6.07 Å². The van der Waals surface area contributed by atoms with Gasteiger partial charge in [0.15, 0.2) is 0 Å². The van der Waals surface area contributed by atoms with Gasteiger partial charge in [0.1, 0.15) is 6.10 Å². The minimum Gasteiger partial charge on any atom is -0.458 e. The van der Waals surface area contributed by atoms with Crippen LogP contribution in [0.25, 0.3) is 0 Å². The maximum Gasteiger partial charge on any atom is 0.338 e. The van der Waals surface area contributed by atoms with E-state index in [0.29, 0.717) is 17.0 Å². The molecule has 0 bridgehead atoms. The minimum absolute atomic E-state index is 0.0573. The largest absolute Gasteiger partial charge is 0.458 e. The van der Waals surface area contributed by atoms with E-state index in [4.69, 9.17) is 10.00 Å². The first-order valence-corrected chi connectivity index (χ1v) is 6.95. The van der Waals surface area contributed by atoms with Gasteiger partial charge in [0.25, 0.3) is 0 Å². The van der Waals surface area contributed by atoms with Crippen LogP contribution < -0.4 is 0 Å². The molecule has 1 fully saturated rings. The Balaban J connectivity index is 2.01. The molecular formula is C16H19NO2. The van der Waals surface area contributed by atoms with Gasteiger partial charge in [0.2, 0.25) is 0 Å². The van der Waals surface area contributed by atoms with Gasteiger partial charge in [-0.25, -0.2) is 4.79 Å². The van der Waals surface area contributed by atoms with Gasteiger partial charge in [0.05, 0.1) is 17.2 Å². The molecule has 0 saturated heterocycles. The Bertz CT molecular complexity index is 473. The number of nitrogens with zero attached hydrogens (tertiary/aromatic N) is 1. The number of hydrogen-bond acceptors (Lipinski definition) is 3. The topological polar surface area (TPSA) is 50.1 Å². The zero-order valence-corrected chi connectivity index (χ0v) is 11.3. The second-order valence-corrected chi connectivity index (χ2v) is 5.09. The van der Waals surface area contributed by atoms with E-state index >= 15 is 0 Å². The molecule has 0 aromatic heterocycles. The number of benzene rings is 1. The van der Waals surface area contributed by atoms with E-state index in [2.05, 4.69) is 6.92 Å². The van der Waals surface area contributed by atoms with Crippen molar-refractivity contribution in [3.05, 3.63) is 35.4 Å². The first kappa shape index (κ1) is 13.6. The van der Waals surface area contributed by atoms with E-state index in [-0.39, 0.29) is 12.1 Å². The zero-order chi connectivity index (χ0) is 13.7. The third-order valence-corrected chi connectivity index (χ3v) is 3.87. The van der Waals surface area contributed by atoms with Crippen molar-refractivity contribution in [2.75, 3.05) is 0 Å². The molecule has 0 spiro atoms. The van der Waals surface area contributed by atoms with Crippen molar-refractivity contribution in [1.29, 1.82) is 5.26 Å². The smallest absolute Gasteiger partial charge is 0.338 e. The number of nitriles is 1. The van der Waals surface area contributed by atoms with Crippen molar-refractivity contribution in [1.82, 2.24) is 0 Å². The Hall–Kier alpha value is -1.82. The molecule has 2 rings (SSSR count). The molecule has 100 valence electrons. The average molecular weight is 257 g/mol. The molecule has 0 heterocycles. The van der Waals surface area contributed by atoms with Crippen LogP contribution in [0.1, 0.15) is 54.9 Å². The average Bonchev–Trinajstić information content (AvgIpc) is 2.48. The van der Waals surface area contributed by atoms with Gasteiger partial charge in [0, 0.05) is 0 Å². The van der Waals surface area contributed by atoms with Crippen molar-refractivity contribution in [2.45, 2.75) is 45.1 Å². The summed E-state index contributed by atoms with van der Waals surface area (Å²) in [4.78, 5) is 12.1. The summed E-state index contributed by atoms with van der Waals surface area (Å²) in [7, 11) is 0. The Labute approximate surface area is 114 Å². The second-order valence-electron chi connectivity index (χ2n) is 5.09. The zero-order valence-electron chi connectivity index (χ0n) is 11.3. The summed E-state index contributed by atoms with van der Waals surface area (Å²) >= 11 is 0. The van der Waals surface area contributed by atoms with Gasteiger partial charge < -0.3 is 4.74 Å². The van der Waals surface area contributed by atoms with Gasteiger partial charge >= 0.3 is 5.97 Å². The maximum atomic E-state index is 12.1. The molecular weight excluding hydrogens is 238 g/mol. The number of carbonyl (C=O) groups excluding carboxylic acids is 1. The fourth-order valence-corrected chi connectivity index (χ4v) is 2.68. The highest BCUT2D eigenvalue weighted by Gasteiger charge is 2.27. The number of ether oxygens (including phenoxy) is 1. The standard InChI is InChI=1S/C16H19NO2/c1-2-13-5-3-4-6-15(13)19-16(18)14-9-7-12(11-17)8-10-14/h7-10,13,15H,2-6H2,1H3. The molecule has 3 heteroatoms. The monoisotopic (exact) mass is 257 g/mol. The van der Waals surface area contributed by atoms with E-state index in [1.165, 1.54) is 6.42 Å². The number of rotatable bonds is 3. The summed E-state index contributed by atoms with van der Waals surface area (Å²) in [5.74, 6) is 0.228. The molecule has 19 heavy (non-hydrogen) atoms. The normalized spacial score (nSPS) is 22.5. The van der Waals surface area contributed by atoms with E-state index in [1.54, 1.807) is 24.3 Å². The number of carbonyl (C=O) groups is 1. The van der Waals surface area contributed by atoms with Crippen LogP contribution in [0.4, 0.5) is 0 Å². The first-order valence-electron chi connectivity index (χ1n) is 6.95. The van der Waals surface area contributed by atoms with Crippen molar-refractivity contribution in [2.24, 2.45) is 5.92 Å². The molecule has 2 unspecified atom stereocenters. The van der Waals surface area contributed by atoms with Crippen molar-refractivity contribution in [3.63, 3.8) is 0 Å². The Morgan fingerprint density at radius 3 is 2.63 bits per heavy atom. The van der Waals surface area contributed by atoms with Crippen LogP contribution in [0.5, 0.6) is 0 Å². The third-order valence-electron chi connectivity index (χ3n) is 3.87. The van der Waals surface area contributed by atoms with Crippen LogP contribution in [0.3, 0.4) is 0 Å². The quantitative estimate of drug-likeness (QED) is 0.776. The molecule has 1 aliphatic rings. The lowest BCUT2D eigenvalue weighted by Gasteiger charge is -2.30. The summed E-state index contributed by atoms with van der Waals surface area (Å²) in [6.07, 6.45) is 5.63. The van der Waals surface area contributed by atoms with Crippen LogP contribution in [-0.2, 0) is 4.74 Å². The Morgan fingerprint density at radius 1 is 1.32 bits per heavy atom. The van der Waals surface area contributed by atoms with E-state index < -0.39 is 0 Å². The molecule has 3 nitrogen and oxygen atoms in total. The molecule has 2 atom stereocenters. The lowest BCUT2D eigenvalue weighted by Crippen LogP contribution is -2.29. The number of hydrogen-bond donors (Lipinski definition) is 0. The second kappa shape index (κ2) is 6.38. The predicted octanol–water partition coefficient (Wildman–Crippen LogP) is 3.68. The van der Waals surface area contributed by atoms with Crippen molar-refractivity contribution >= 4 is 5.97 Å². The summed E-state index contributed by atoms with van der Waals surface area (Å²) in [6, 6.07) is 8.65. The summed E-state index contributed by atoms with van der Waals surface area (Å²) in [5.41, 5.74) is 1.08. The predicted molar refractivity (Wildman–Crippen MR) is 72.6 cm³/mol. The van der Waals surface area contributed by atoms with Gasteiger partial charge in [-0.2, -0.15) is 5.26 Å². The van der Waals surface area contributed by atoms with Gasteiger partial charge in [-0.15, -0.1) is 0 Å². The molecule has 1 saturated carbocycles. The molecule has 0 amide bonds. The summed E-state index contributed by atoms with van der Waals surface area (Å²) in [5, 5.41) is 8.73. The van der Waals surface area contributed by atoms with E-state index in [9.17, 15) is 4.79 Å². The lowest BCUT2D eigenvalue weighted by atomic mass is 9.85. The first-order chi connectivity index (χ1) is 9.24. The molecule has 0 radical (unpaired) electrons. The Morgan fingerprint density at radius 2 is 2.00 bits per heavy atom. The van der Waals surface area contributed by atoms with Gasteiger partial charge in [-0.05, 0) is 55.9 Å². The van der Waals surface area contributed by atoms with E-state index in [1.807, 2.05) is 6.07 Å². The highest BCUT2D eigenvalue weighted by molar-refractivity contribution is 5.89. The Kier molecular flexibility index (Phi) is 4.57. The lowest BCUT2D eigenvalue weighted by molar-refractivity contribution is 0.000711. The van der Waals surface area contributed by atoms with E-state index in [0.717, 1.165) is 25.7 Å². The maximum absolute atomic E-state index is 12.1. The van der Waals surface area contributed by atoms with Crippen LogP contribution in [0.2, 0.25) is 0 Å². The van der Waals surface area contributed by atoms with Crippen LogP contribution in [0.15, 0.2) is 24.3 Å². The fraction of sp³-hybridized carbons (Fsp3) is 0.500. The molecule has 1 aliphatic carbocycles. The van der Waals surface area contributed by atoms with Gasteiger partial charge in [-0.1, -0.05) is 13.3 Å². The fourth-order valence-electron chi connectivity index (χ4n) is 2.68. The minimum atomic E-state index is -0.269. The van der Waals surface area contributed by atoms with Gasteiger partial charge in [-0.3, -0.25) is 0 Å². The summed E-state index contributed by atoms with van der Waals surface area (Å²) in [6.45, 7) is 2.15. The highest BCUT2D eigenvalue weighted by atomic mass is 16.5. The third kappa shape index (κ3) is 3.35. The molecule has 1 aromatic carbocycles. The van der Waals surface area contributed by atoms with Crippen molar-refractivity contribution < 1.29 is 9.53 Å². The van der Waals surface area contributed by atoms with Crippen LogP contribution in [0, 0.1) is 17.2 Å². The summed E-state index contributed by atoms with van der Waals surface area (Å²) < 4.78 is 5.63. The van der Waals surface area contributed by atoms with Crippen LogP contribution >= 0.6 is 0 Å². The molecule has 1 aromatic rings. The highest BCUT2D eigenvalue weighted by Crippen LogP contribution is 2.29. The SMILES string of the molecule is CCC1CCCCC1OC(=O)c1ccc(C#N)cc1. The molecule has 0 aliphatic heterocycles. The van der Waals surface area contributed by atoms with Crippen LogP contribution in [-0.4, -0.2) is 12.1 Å².